The van der Waals surface area contributed by atoms with E-state index in [-0.39, 0.29) is 12.3 Å². The second-order valence-corrected chi connectivity index (χ2v) is 3.80. The number of benzene rings is 1. The summed E-state index contributed by atoms with van der Waals surface area (Å²) >= 11 is 0. The third-order valence-electron chi connectivity index (χ3n) is 2.27. The number of aliphatic carboxylic acids is 1. The first-order valence-electron chi connectivity index (χ1n) is 5.54. The van der Waals surface area contributed by atoms with Crippen LogP contribution in [0.3, 0.4) is 0 Å². The minimum absolute atomic E-state index is 0.172. The number of carbonyl (C=O) groups excluding carboxylic acids is 1. The molecule has 1 aromatic carbocycles. The third kappa shape index (κ3) is 5.06. The lowest BCUT2D eigenvalue weighted by molar-refractivity contribution is -0.131. The van der Waals surface area contributed by atoms with Crippen molar-refractivity contribution in [2.45, 2.75) is 12.5 Å². The molecule has 0 aliphatic heterocycles. The van der Waals surface area contributed by atoms with Crippen LogP contribution < -0.4 is 11.1 Å². The van der Waals surface area contributed by atoms with E-state index in [9.17, 15) is 9.59 Å². The highest BCUT2D eigenvalue weighted by Crippen LogP contribution is 2.11. The molecule has 0 aliphatic carbocycles. The number of carboxylic acids is 1. The van der Waals surface area contributed by atoms with E-state index < -0.39 is 12.0 Å². The smallest absolute Gasteiger partial charge is 0.328 e. The predicted octanol–water partition coefficient (Wildman–Crippen LogP) is 1.07. The maximum Gasteiger partial charge on any atom is 0.328 e. The molecule has 0 spiro atoms. The standard InChI is InChI=1S/C14H14N2O3/c1-2-3-12(15)14(19)16-11-7-4-10(5-8-11)6-9-13(17)18/h1,4-9,12H,3,15H2,(H,16,19)(H,17,18)/b9-6+. The Kier molecular flexibility index (Phi) is 5.33. The topological polar surface area (TPSA) is 92.4 Å². The Hall–Kier alpha value is -2.58. The second kappa shape index (κ2) is 6.99. The zero-order chi connectivity index (χ0) is 14.3. The van der Waals surface area contributed by atoms with Gasteiger partial charge < -0.3 is 16.2 Å². The maximum absolute atomic E-state index is 11.6. The Morgan fingerprint density at radius 1 is 1.42 bits per heavy atom. The van der Waals surface area contributed by atoms with Gasteiger partial charge in [0.2, 0.25) is 5.91 Å². The Morgan fingerprint density at radius 2 is 2.05 bits per heavy atom. The van der Waals surface area contributed by atoms with E-state index in [1.807, 2.05) is 0 Å². The Labute approximate surface area is 111 Å². The quantitative estimate of drug-likeness (QED) is 0.544. The van der Waals surface area contributed by atoms with Crippen LogP contribution in [0.5, 0.6) is 0 Å². The molecule has 19 heavy (non-hydrogen) atoms. The molecule has 0 aromatic heterocycles. The highest BCUT2D eigenvalue weighted by Gasteiger charge is 2.11. The van der Waals surface area contributed by atoms with Gasteiger partial charge >= 0.3 is 5.97 Å². The van der Waals surface area contributed by atoms with Gasteiger partial charge in [0.15, 0.2) is 0 Å². The molecule has 0 saturated carbocycles. The van der Waals surface area contributed by atoms with E-state index >= 15 is 0 Å². The van der Waals surface area contributed by atoms with Crippen molar-refractivity contribution in [3.8, 4) is 12.3 Å². The fraction of sp³-hybridized carbons (Fsp3) is 0.143. The van der Waals surface area contributed by atoms with Crippen LogP contribution in [0.2, 0.25) is 0 Å². The average molecular weight is 258 g/mol. The molecule has 5 heteroatoms. The summed E-state index contributed by atoms with van der Waals surface area (Å²) in [5.74, 6) is 0.949. The highest BCUT2D eigenvalue weighted by molar-refractivity contribution is 5.95. The number of rotatable bonds is 5. The van der Waals surface area contributed by atoms with Gasteiger partial charge in [0.1, 0.15) is 0 Å². The van der Waals surface area contributed by atoms with Gasteiger partial charge in [0.25, 0.3) is 0 Å². The van der Waals surface area contributed by atoms with Gasteiger partial charge in [-0.25, -0.2) is 4.79 Å². The molecule has 0 radical (unpaired) electrons. The fourth-order valence-electron chi connectivity index (χ4n) is 1.30. The monoisotopic (exact) mass is 258 g/mol. The van der Waals surface area contributed by atoms with Crippen molar-refractivity contribution >= 4 is 23.6 Å². The summed E-state index contributed by atoms with van der Waals surface area (Å²) in [6, 6.07) is 5.93. The number of anilines is 1. The number of terminal acetylenes is 1. The van der Waals surface area contributed by atoms with Crippen LogP contribution in [0.15, 0.2) is 30.3 Å². The Morgan fingerprint density at radius 3 is 2.58 bits per heavy atom. The van der Waals surface area contributed by atoms with Crippen molar-refractivity contribution in [2.75, 3.05) is 5.32 Å². The number of hydrogen-bond acceptors (Lipinski definition) is 3. The zero-order valence-electron chi connectivity index (χ0n) is 10.2. The molecule has 4 N–H and O–H groups in total. The molecule has 1 amide bonds. The van der Waals surface area contributed by atoms with Crippen molar-refractivity contribution < 1.29 is 14.7 Å². The average Bonchev–Trinajstić information content (AvgIpc) is 2.38. The normalized spacial score (nSPS) is 11.8. The van der Waals surface area contributed by atoms with Crippen LogP contribution in [-0.4, -0.2) is 23.0 Å². The van der Waals surface area contributed by atoms with Gasteiger partial charge in [-0.1, -0.05) is 12.1 Å². The zero-order valence-corrected chi connectivity index (χ0v) is 10.2. The lowest BCUT2D eigenvalue weighted by atomic mass is 10.1. The number of carbonyl (C=O) groups is 2. The summed E-state index contributed by atoms with van der Waals surface area (Å²) in [6.07, 6.45) is 7.74. The fourth-order valence-corrected chi connectivity index (χ4v) is 1.30. The molecule has 0 saturated heterocycles. The summed E-state index contributed by atoms with van der Waals surface area (Å²) in [6.45, 7) is 0. The first-order valence-corrected chi connectivity index (χ1v) is 5.54. The number of nitrogens with one attached hydrogen (secondary N) is 1. The minimum atomic E-state index is -1.02. The largest absolute Gasteiger partial charge is 0.478 e. The van der Waals surface area contributed by atoms with Crippen molar-refractivity contribution in [1.29, 1.82) is 0 Å². The van der Waals surface area contributed by atoms with Crippen LogP contribution in [0.25, 0.3) is 6.08 Å². The van der Waals surface area contributed by atoms with Crippen molar-refractivity contribution in [3.63, 3.8) is 0 Å². The first-order chi connectivity index (χ1) is 9.02. The lowest BCUT2D eigenvalue weighted by Gasteiger charge is -2.09. The molecule has 0 aliphatic rings. The number of nitrogens with two attached hydrogens (primary N) is 1. The number of hydrogen-bond donors (Lipinski definition) is 3. The Balaban J connectivity index is 2.65. The maximum atomic E-state index is 11.6. The molecular formula is C14H14N2O3. The summed E-state index contributed by atoms with van der Waals surface area (Å²) in [4.78, 5) is 21.9. The molecular weight excluding hydrogens is 244 g/mol. The highest BCUT2D eigenvalue weighted by atomic mass is 16.4. The summed E-state index contributed by atoms with van der Waals surface area (Å²) in [7, 11) is 0. The van der Waals surface area contributed by atoms with Gasteiger partial charge in [0.05, 0.1) is 6.04 Å². The minimum Gasteiger partial charge on any atom is -0.478 e. The van der Waals surface area contributed by atoms with Crippen LogP contribution >= 0.6 is 0 Å². The second-order valence-electron chi connectivity index (χ2n) is 3.80. The van der Waals surface area contributed by atoms with Gasteiger partial charge in [-0.2, -0.15) is 0 Å². The molecule has 0 fully saturated rings. The van der Waals surface area contributed by atoms with Crippen LogP contribution in [0.1, 0.15) is 12.0 Å². The van der Waals surface area contributed by atoms with Crippen molar-refractivity contribution in [1.82, 2.24) is 0 Å². The van der Waals surface area contributed by atoms with E-state index in [0.717, 1.165) is 6.08 Å². The van der Waals surface area contributed by atoms with Gasteiger partial charge in [-0.3, -0.25) is 4.79 Å². The molecule has 1 atom stereocenters. The van der Waals surface area contributed by atoms with Crippen LogP contribution in [0, 0.1) is 12.3 Å². The van der Waals surface area contributed by atoms with Crippen LogP contribution in [-0.2, 0) is 9.59 Å². The third-order valence-corrected chi connectivity index (χ3v) is 2.27. The molecule has 1 aromatic rings. The lowest BCUT2D eigenvalue weighted by Crippen LogP contribution is -2.35. The van der Waals surface area contributed by atoms with E-state index in [0.29, 0.717) is 11.3 Å². The van der Waals surface area contributed by atoms with Gasteiger partial charge in [-0.15, -0.1) is 12.3 Å². The molecule has 0 bridgehead atoms. The first kappa shape index (κ1) is 14.5. The summed E-state index contributed by atoms with van der Waals surface area (Å²) in [5.41, 5.74) is 6.85. The predicted molar refractivity (Wildman–Crippen MR) is 73.2 cm³/mol. The molecule has 1 unspecified atom stereocenters. The van der Waals surface area contributed by atoms with Crippen LogP contribution in [0.4, 0.5) is 5.69 Å². The van der Waals surface area contributed by atoms with Crippen molar-refractivity contribution in [3.05, 3.63) is 35.9 Å². The molecule has 0 heterocycles. The van der Waals surface area contributed by atoms with E-state index in [1.54, 1.807) is 24.3 Å². The van der Waals surface area contributed by atoms with E-state index in [2.05, 4.69) is 11.2 Å². The molecule has 98 valence electrons. The SMILES string of the molecule is C#CCC(N)C(=O)Nc1ccc(/C=C/C(=O)O)cc1. The molecule has 5 nitrogen and oxygen atoms in total. The van der Waals surface area contributed by atoms with E-state index in [1.165, 1.54) is 6.08 Å². The Bertz CT molecular complexity index is 527. The van der Waals surface area contributed by atoms with Gasteiger partial charge in [0, 0.05) is 18.2 Å². The summed E-state index contributed by atoms with van der Waals surface area (Å²) < 4.78 is 0. The molecule has 1 rings (SSSR count). The summed E-state index contributed by atoms with van der Waals surface area (Å²) in [5, 5.41) is 11.1. The number of amides is 1. The van der Waals surface area contributed by atoms with Crippen molar-refractivity contribution in [2.24, 2.45) is 5.73 Å². The number of carboxylic acid groups (broad SMARTS) is 1. The van der Waals surface area contributed by atoms with Gasteiger partial charge in [-0.05, 0) is 23.8 Å². The van der Waals surface area contributed by atoms with E-state index in [4.69, 9.17) is 17.3 Å².